The van der Waals surface area contributed by atoms with Crippen molar-refractivity contribution in [3.63, 3.8) is 0 Å². The minimum atomic E-state index is -0.737. The number of benzene rings is 1. The summed E-state index contributed by atoms with van der Waals surface area (Å²) in [6, 6.07) is 2.70. The normalized spacial score (nSPS) is 21.3. The van der Waals surface area contributed by atoms with Gasteiger partial charge in [-0.3, -0.25) is 9.36 Å². The lowest BCUT2D eigenvalue weighted by Gasteiger charge is -2.39. The molecule has 3 heterocycles. The first-order valence-corrected chi connectivity index (χ1v) is 10.2. The summed E-state index contributed by atoms with van der Waals surface area (Å²) in [4.78, 5) is 31.2. The fraction of sp³-hybridized carbons (Fsp3) is 0.571. The first-order chi connectivity index (χ1) is 14.1. The number of hydrogen-bond donors (Lipinski definition) is 0. The molecule has 4 rings (SSSR count). The molecule has 2 radical (unpaired) electrons. The molecular formula is C21H25BFN3O4. The van der Waals surface area contributed by atoms with Gasteiger partial charge in [0.1, 0.15) is 24.7 Å². The second-order valence-electron chi connectivity index (χ2n) is 9.14. The number of rotatable bonds is 1. The van der Waals surface area contributed by atoms with Gasteiger partial charge in [-0.15, -0.1) is 0 Å². The number of hydrogen-bond acceptors (Lipinski definition) is 5. The predicted molar refractivity (Wildman–Crippen MR) is 111 cm³/mol. The number of carbonyl (C=O) groups excluding carboxylic acids is 1. The van der Waals surface area contributed by atoms with E-state index >= 15 is 0 Å². The van der Waals surface area contributed by atoms with Crippen LogP contribution in [0.15, 0.2) is 23.3 Å². The summed E-state index contributed by atoms with van der Waals surface area (Å²) in [5.41, 5.74) is -1.20. The highest BCUT2D eigenvalue weighted by Crippen LogP contribution is 2.40. The molecule has 0 bridgehead atoms. The third kappa shape index (κ3) is 3.82. The summed E-state index contributed by atoms with van der Waals surface area (Å²) < 4.78 is 27.5. The quantitative estimate of drug-likeness (QED) is 0.670. The van der Waals surface area contributed by atoms with Crippen LogP contribution in [0.3, 0.4) is 0 Å². The third-order valence-corrected chi connectivity index (χ3v) is 5.83. The minimum absolute atomic E-state index is 0.0761. The monoisotopic (exact) mass is 413 g/mol. The van der Waals surface area contributed by atoms with Crippen LogP contribution in [0.2, 0.25) is 0 Å². The number of likely N-dealkylation sites (tertiary alicyclic amines) is 1. The highest BCUT2D eigenvalue weighted by molar-refractivity contribution is 6.33. The van der Waals surface area contributed by atoms with Gasteiger partial charge in [0.05, 0.1) is 30.1 Å². The Morgan fingerprint density at radius 3 is 2.70 bits per heavy atom. The largest absolute Gasteiger partial charge is 0.444 e. The summed E-state index contributed by atoms with van der Waals surface area (Å²) in [5.74, 6) is -0.737. The Morgan fingerprint density at radius 2 is 2.03 bits per heavy atom. The topological polar surface area (TPSA) is 73.7 Å². The van der Waals surface area contributed by atoms with Crippen LogP contribution in [-0.4, -0.2) is 59.3 Å². The van der Waals surface area contributed by atoms with Gasteiger partial charge in [0.2, 0.25) is 0 Å². The number of nitrogens with zero attached hydrogens (tertiary/aromatic N) is 3. The van der Waals surface area contributed by atoms with Gasteiger partial charge in [0.15, 0.2) is 0 Å². The van der Waals surface area contributed by atoms with Crippen molar-refractivity contribution in [1.29, 1.82) is 0 Å². The van der Waals surface area contributed by atoms with Crippen LogP contribution >= 0.6 is 0 Å². The van der Waals surface area contributed by atoms with Crippen molar-refractivity contribution in [3.05, 3.63) is 34.6 Å². The molecule has 158 valence electrons. The number of amides is 1. The summed E-state index contributed by atoms with van der Waals surface area (Å²) in [5, 5.41) is -0.0989. The van der Waals surface area contributed by atoms with Gasteiger partial charge in [-0.1, -0.05) is 11.5 Å². The maximum Gasteiger partial charge on any atom is 0.410 e. The Bertz CT molecular complexity index is 1040. The number of ether oxygens (including phenoxy) is 2. The summed E-state index contributed by atoms with van der Waals surface area (Å²) >= 11 is 0. The molecule has 0 saturated carbocycles. The van der Waals surface area contributed by atoms with Crippen molar-refractivity contribution in [1.82, 2.24) is 14.5 Å². The molecule has 30 heavy (non-hydrogen) atoms. The van der Waals surface area contributed by atoms with Crippen molar-refractivity contribution < 1.29 is 18.7 Å². The van der Waals surface area contributed by atoms with E-state index in [0.29, 0.717) is 39.0 Å². The summed E-state index contributed by atoms with van der Waals surface area (Å²) in [6.45, 7) is 6.91. The molecule has 1 atom stereocenters. The maximum atomic E-state index is 14.5. The highest BCUT2D eigenvalue weighted by atomic mass is 19.1. The van der Waals surface area contributed by atoms with Crippen LogP contribution in [0.25, 0.3) is 10.9 Å². The second kappa shape index (κ2) is 7.37. The average molecular weight is 413 g/mol. The number of fused-ring (bicyclic) bond motifs is 1. The molecule has 7 nitrogen and oxygen atoms in total. The van der Waals surface area contributed by atoms with E-state index < -0.39 is 22.6 Å². The van der Waals surface area contributed by atoms with Crippen molar-refractivity contribution in [2.45, 2.75) is 57.3 Å². The Kier molecular flexibility index (Phi) is 5.12. The van der Waals surface area contributed by atoms with Crippen LogP contribution < -0.4 is 11.0 Å². The number of halogens is 1. The van der Waals surface area contributed by atoms with E-state index in [1.54, 1.807) is 11.0 Å². The van der Waals surface area contributed by atoms with Crippen LogP contribution in [-0.2, 0) is 9.47 Å². The van der Waals surface area contributed by atoms with Crippen LogP contribution in [0, 0.1) is 5.82 Å². The molecule has 1 aromatic carbocycles. The van der Waals surface area contributed by atoms with Crippen LogP contribution in [0.1, 0.15) is 46.1 Å². The van der Waals surface area contributed by atoms with E-state index in [1.807, 2.05) is 20.8 Å². The molecule has 9 heteroatoms. The second-order valence-corrected chi connectivity index (χ2v) is 9.14. The van der Waals surface area contributed by atoms with Gasteiger partial charge in [-0.2, -0.15) is 0 Å². The van der Waals surface area contributed by atoms with Crippen molar-refractivity contribution in [2.75, 3.05) is 19.7 Å². The lowest BCUT2D eigenvalue weighted by atomic mass is 9.87. The molecule has 0 aliphatic carbocycles. The minimum Gasteiger partial charge on any atom is -0.444 e. The number of piperidine rings is 1. The van der Waals surface area contributed by atoms with Gasteiger partial charge < -0.3 is 14.4 Å². The van der Waals surface area contributed by atoms with Gasteiger partial charge >= 0.3 is 6.09 Å². The maximum absolute atomic E-state index is 14.5. The fourth-order valence-corrected chi connectivity index (χ4v) is 4.23. The molecule has 2 aliphatic rings. The molecule has 1 unspecified atom stereocenters. The van der Waals surface area contributed by atoms with E-state index in [1.165, 1.54) is 17.0 Å². The molecule has 2 aromatic rings. The summed E-state index contributed by atoms with van der Waals surface area (Å²) in [6.07, 6.45) is 3.03. The molecule has 2 fully saturated rings. The van der Waals surface area contributed by atoms with Gasteiger partial charge in [-0.25, -0.2) is 14.2 Å². The first-order valence-electron chi connectivity index (χ1n) is 10.2. The van der Waals surface area contributed by atoms with Crippen molar-refractivity contribution >= 4 is 30.3 Å². The van der Waals surface area contributed by atoms with Crippen LogP contribution in [0.4, 0.5) is 9.18 Å². The van der Waals surface area contributed by atoms with Gasteiger partial charge in [-0.05, 0) is 46.1 Å². The highest BCUT2D eigenvalue weighted by Gasteiger charge is 2.44. The molecule has 2 saturated heterocycles. The van der Waals surface area contributed by atoms with Crippen LogP contribution in [0.5, 0.6) is 0 Å². The third-order valence-electron chi connectivity index (χ3n) is 5.83. The van der Waals surface area contributed by atoms with E-state index in [9.17, 15) is 14.0 Å². The van der Waals surface area contributed by atoms with Gasteiger partial charge in [0.25, 0.3) is 5.56 Å². The fourth-order valence-electron chi connectivity index (χ4n) is 4.23. The van der Waals surface area contributed by atoms with E-state index in [0.717, 1.165) is 0 Å². The number of aromatic nitrogens is 2. The Morgan fingerprint density at radius 1 is 1.33 bits per heavy atom. The molecule has 0 N–H and O–H groups in total. The molecular weight excluding hydrogens is 388 g/mol. The zero-order chi connectivity index (χ0) is 21.7. The standard InChI is InChI=1S/C21H25BFN3O4/c1-20(2,3)30-19(28)25-8-6-21(7-9-25)10-13(11-29-21)26-12-24-15-5-4-14(22)17(23)16(15)18(26)27/h4-5,12-13H,6-11H2,1-3H3. The molecule has 1 spiro atoms. The Labute approximate surface area is 175 Å². The van der Waals surface area contributed by atoms with Crippen molar-refractivity contribution in [3.8, 4) is 0 Å². The Balaban J connectivity index is 1.49. The smallest absolute Gasteiger partial charge is 0.410 e. The SMILES string of the molecule is [B]c1ccc2ncn(C3COC4(CCN(C(=O)OC(C)(C)C)CC4)C3)c(=O)c2c1F. The molecule has 1 amide bonds. The van der Waals surface area contributed by atoms with Crippen molar-refractivity contribution in [2.24, 2.45) is 0 Å². The zero-order valence-electron chi connectivity index (χ0n) is 17.5. The Hall–Kier alpha value is -2.42. The summed E-state index contributed by atoms with van der Waals surface area (Å²) in [7, 11) is 5.63. The lowest BCUT2D eigenvalue weighted by Crippen LogP contribution is -2.48. The average Bonchev–Trinajstić information content (AvgIpc) is 3.07. The lowest BCUT2D eigenvalue weighted by molar-refractivity contribution is -0.0486. The van der Waals surface area contributed by atoms with E-state index in [4.69, 9.17) is 17.3 Å². The van der Waals surface area contributed by atoms with E-state index in [2.05, 4.69) is 4.98 Å². The predicted octanol–water partition coefficient (Wildman–Crippen LogP) is 2.06. The van der Waals surface area contributed by atoms with E-state index in [-0.39, 0.29) is 28.5 Å². The zero-order valence-corrected chi connectivity index (χ0v) is 17.5. The van der Waals surface area contributed by atoms with Gasteiger partial charge in [0, 0.05) is 13.1 Å². The molecule has 2 aliphatic heterocycles. The molecule has 1 aromatic heterocycles. The number of carbonyl (C=O) groups is 1. The first kappa shape index (κ1) is 20.8.